The monoisotopic (exact) mass is 314 g/mol. The SMILES string of the molecule is CCN(C)C=Nc1cc(C)cc(Cc2ccc(Cl)cc2)c1C. The lowest BCUT2D eigenvalue weighted by Crippen LogP contribution is -2.14. The van der Waals surface area contributed by atoms with Crippen molar-refractivity contribution in [2.45, 2.75) is 27.2 Å². The zero-order valence-electron chi connectivity index (χ0n) is 13.7. The molecule has 0 N–H and O–H groups in total. The molecule has 0 aliphatic carbocycles. The highest BCUT2D eigenvalue weighted by Crippen LogP contribution is 2.26. The molecule has 0 unspecified atom stereocenters. The predicted octanol–water partition coefficient (Wildman–Crippen LogP) is 5.16. The molecule has 0 saturated carbocycles. The van der Waals surface area contributed by atoms with E-state index in [9.17, 15) is 0 Å². The average molecular weight is 315 g/mol. The van der Waals surface area contributed by atoms with Gasteiger partial charge in [-0.25, -0.2) is 4.99 Å². The Labute approximate surface area is 138 Å². The van der Waals surface area contributed by atoms with Gasteiger partial charge in [-0.3, -0.25) is 0 Å². The molecule has 0 saturated heterocycles. The van der Waals surface area contributed by atoms with Gasteiger partial charge in [0.25, 0.3) is 0 Å². The van der Waals surface area contributed by atoms with Crippen LogP contribution in [0.15, 0.2) is 41.4 Å². The molecule has 2 aromatic rings. The summed E-state index contributed by atoms with van der Waals surface area (Å²) in [6.07, 6.45) is 2.80. The molecule has 2 rings (SSSR count). The highest BCUT2D eigenvalue weighted by molar-refractivity contribution is 6.30. The van der Waals surface area contributed by atoms with Crippen molar-refractivity contribution in [3.8, 4) is 0 Å². The Balaban J connectivity index is 2.30. The number of halogens is 1. The third-order valence-electron chi connectivity index (χ3n) is 3.83. The van der Waals surface area contributed by atoms with Gasteiger partial charge in [0.1, 0.15) is 0 Å². The highest BCUT2D eigenvalue weighted by atomic mass is 35.5. The molecule has 0 amide bonds. The van der Waals surface area contributed by atoms with Gasteiger partial charge in [0.15, 0.2) is 0 Å². The van der Waals surface area contributed by atoms with Gasteiger partial charge in [-0.05, 0) is 67.6 Å². The van der Waals surface area contributed by atoms with Crippen LogP contribution in [0.2, 0.25) is 5.02 Å². The fraction of sp³-hybridized carbons (Fsp3) is 0.316. The van der Waals surface area contributed by atoms with Crippen LogP contribution in [0.5, 0.6) is 0 Å². The molecule has 0 aromatic heterocycles. The first-order valence-corrected chi connectivity index (χ1v) is 7.96. The van der Waals surface area contributed by atoms with E-state index in [0.29, 0.717) is 0 Å². The summed E-state index contributed by atoms with van der Waals surface area (Å²) >= 11 is 5.96. The van der Waals surface area contributed by atoms with Gasteiger partial charge in [0.05, 0.1) is 12.0 Å². The topological polar surface area (TPSA) is 15.6 Å². The number of aliphatic imine (C=N–C) groups is 1. The molecule has 0 aliphatic heterocycles. The number of hydrogen-bond acceptors (Lipinski definition) is 1. The lowest BCUT2D eigenvalue weighted by molar-refractivity contribution is 0.552. The van der Waals surface area contributed by atoms with Crippen molar-refractivity contribution in [2.75, 3.05) is 13.6 Å². The Bertz CT molecular complexity index is 660. The maximum atomic E-state index is 5.96. The van der Waals surface area contributed by atoms with E-state index >= 15 is 0 Å². The lowest BCUT2D eigenvalue weighted by atomic mass is 9.97. The fourth-order valence-corrected chi connectivity index (χ4v) is 2.42. The first kappa shape index (κ1) is 16.6. The third kappa shape index (κ3) is 4.35. The largest absolute Gasteiger partial charge is 0.366 e. The van der Waals surface area contributed by atoms with E-state index in [2.05, 4.69) is 54.9 Å². The second kappa shape index (κ2) is 7.46. The summed E-state index contributed by atoms with van der Waals surface area (Å²) in [6, 6.07) is 12.4. The Hall–Kier alpha value is -1.80. The van der Waals surface area contributed by atoms with Gasteiger partial charge in [-0.15, -0.1) is 0 Å². The number of benzene rings is 2. The van der Waals surface area contributed by atoms with E-state index in [1.807, 2.05) is 25.5 Å². The molecule has 0 atom stereocenters. The molecule has 3 heteroatoms. The van der Waals surface area contributed by atoms with E-state index in [1.54, 1.807) is 0 Å². The first-order chi connectivity index (χ1) is 10.5. The second-order valence-electron chi connectivity index (χ2n) is 5.69. The van der Waals surface area contributed by atoms with Gasteiger partial charge in [-0.2, -0.15) is 0 Å². The molecule has 0 fully saturated rings. The Morgan fingerprint density at radius 2 is 1.82 bits per heavy atom. The van der Waals surface area contributed by atoms with E-state index in [0.717, 1.165) is 23.7 Å². The summed E-state index contributed by atoms with van der Waals surface area (Å²) in [7, 11) is 2.03. The second-order valence-corrected chi connectivity index (χ2v) is 6.13. The number of nitrogens with zero attached hydrogens (tertiary/aromatic N) is 2. The van der Waals surface area contributed by atoms with E-state index in [1.165, 1.54) is 22.3 Å². The van der Waals surface area contributed by atoms with Crippen LogP contribution in [0, 0.1) is 13.8 Å². The Kier molecular flexibility index (Phi) is 5.62. The molecular weight excluding hydrogens is 292 g/mol. The zero-order chi connectivity index (χ0) is 16.1. The molecule has 0 heterocycles. The number of rotatable bonds is 5. The molecule has 2 aromatic carbocycles. The van der Waals surface area contributed by atoms with Crippen molar-refractivity contribution in [2.24, 2.45) is 4.99 Å². The van der Waals surface area contributed by atoms with Crippen LogP contribution in [0.3, 0.4) is 0 Å². The van der Waals surface area contributed by atoms with Crippen LogP contribution in [0.1, 0.15) is 29.2 Å². The Morgan fingerprint density at radius 3 is 2.45 bits per heavy atom. The summed E-state index contributed by atoms with van der Waals surface area (Å²) in [4.78, 5) is 6.70. The minimum atomic E-state index is 0.776. The molecule has 0 spiro atoms. The van der Waals surface area contributed by atoms with Crippen LogP contribution in [-0.4, -0.2) is 24.8 Å². The van der Waals surface area contributed by atoms with Crippen LogP contribution >= 0.6 is 11.6 Å². The highest BCUT2D eigenvalue weighted by Gasteiger charge is 2.06. The fourth-order valence-electron chi connectivity index (χ4n) is 2.30. The molecular formula is C19H23ClN2. The van der Waals surface area contributed by atoms with Gasteiger partial charge >= 0.3 is 0 Å². The minimum Gasteiger partial charge on any atom is -0.366 e. The zero-order valence-corrected chi connectivity index (χ0v) is 14.5. The maximum Gasteiger partial charge on any atom is 0.0909 e. The average Bonchev–Trinajstić information content (AvgIpc) is 2.50. The summed E-state index contributed by atoms with van der Waals surface area (Å²) in [5.41, 5.74) is 6.10. The van der Waals surface area contributed by atoms with Crippen molar-refractivity contribution >= 4 is 23.6 Å². The van der Waals surface area contributed by atoms with Crippen LogP contribution < -0.4 is 0 Å². The normalized spacial score (nSPS) is 11.1. The molecule has 0 bridgehead atoms. The van der Waals surface area contributed by atoms with E-state index in [-0.39, 0.29) is 0 Å². The van der Waals surface area contributed by atoms with Crippen molar-refractivity contribution < 1.29 is 0 Å². The maximum absolute atomic E-state index is 5.96. The van der Waals surface area contributed by atoms with Crippen molar-refractivity contribution in [3.63, 3.8) is 0 Å². The number of hydrogen-bond donors (Lipinski definition) is 0. The molecule has 2 nitrogen and oxygen atoms in total. The van der Waals surface area contributed by atoms with E-state index < -0.39 is 0 Å². The third-order valence-corrected chi connectivity index (χ3v) is 4.08. The summed E-state index contributed by atoms with van der Waals surface area (Å²) in [6.45, 7) is 7.32. The smallest absolute Gasteiger partial charge is 0.0909 e. The first-order valence-electron chi connectivity index (χ1n) is 7.58. The molecule has 116 valence electrons. The lowest BCUT2D eigenvalue weighted by Gasteiger charge is -2.13. The van der Waals surface area contributed by atoms with Gasteiger partial charge in [0.2, 0.25) is 0 Å². The van der Waals surface area contributed by atoms with Crippen molar-refractivity contribution in [1.29, 1.82) is 0 Å². The van der Waals surface area contributed by atoms with Gasteiger partial charge in [0, 0.05) is 18.6 Å². The summed E-state index contributed by atoms with van der Waals surface area (Å²) in [5.74, 6) is 0. The van der Waals surface area contributed by atoms with E-state index in [4.69, 9.17) is 11.6 Å². The minimum absolute atomic E-state index is 0.776. The van der Waals surface area contributed by atoms with Crippen molar-refractivity contribution in [3.05, 3.63) is 63.7 Å². The molecule has 0 aliphatic rings. The standard InChI is InChI=1S/C19H23ClN2/c1-5-22(4)13-21-19-11-14(2)10-17(15(19)3)12-16-6-8-18(20)9-7-16/h6-11,13H,5,12H2,1-4H3. The number of aryl methyl sites for hydroxylation is 1. The summed E-state index contributed by atoms with van der Waals surface area (Å²) in [5, 5.41) is 0.776. The predicted molar refractivity (Wildman–Crippen MR) is 96.6 cm³/mol. The van der Waals surface area contributed by atoms with Crippen LogP contribution in [0.25, 0.3) is 0 Å². The Morgan fingerprint density at radius 1 is 1.14 bits per heavy atom. The molecule has 22 heavy (non-hydrogen) atoms. The van der Waals surface area contributed by atoms with Gasteiger partial charge in [-0.1, -0.05) is 29.8 Å². The van der Waals surface area contributed by atoms with Crippen molar-refractivity contribution in [1.82, 2.24) is 4.90 Å². The molecule has 0 radical (unpaired) electrons. The van der Waals surface area contributed by atoms with Crippen LogP contribution in [0.4, 0.5) is 5.69 Å². The van der Waals surface area contributed by atoms with Crippen LogP contribution in [-0.2, 0) is 6.42 Å². The quantitative estimate of drug-likeness (QED) is 0.550. The van der Waals surface area contributed by atoms with Gasteiger partial charge < -0.3 is 4.90 Å². The summed E-state index contributed by atoms with van der Waals surface area (Å²) < 4.78 is 0.